The molecule has 0 unspecified atom stereocenters. The Morgan fingerprint density at radius 3 is 2.73 bits per heavy atom. The van der Waals surface area contributed by atoms with Gasteiger partial charge >= 0.3 is 0 Å². The first-order valence-corrected chi connectivity index (χ1v) is 9.62. The molecule has 1 aromatic carbocycles. The predicted octanol–water partition coefficient (Wildman–Crippen LogP) is 3.86. The highest BCUT2D eigenvalue weighted by atomic mass is 32.1. The summed E-state index contributed by atoms with van der Waals surface area (Å²) in [7, 11) is 1.77. The molecular formula is C20H24N2O3S. The first-order chi connectivity index (χ1) is 12.4. The van der Waals surface area contributed by atoms with E-state index >= 15 is 0 Å². The molecule has 1 saturated carbocycles. The minimum absolute atomic E-state index is 0.0488. The van der Waals surface area contributed by atoms with Gasteiger partial charge in [-0.25, -0.2) is 0 Å². The maximum Gasteiger partial charge on any atom is 0.264 e. The number of hydrogen-bond acceptors (Lipinski definition) is 4. The zero-order chi connectivity index (χ0) is 18.7. The fourth-order valence-corrected chi connectivity index (χ4v) is 3.68. The van der Waals surface area contributed by atoms with Crippen LogP contribution >= 0.6 is 11.3 Å². The Balaban J connectivity index is 1.54. The largest absolute Gasteiger partial charge is 0.492 e. The van der Waals surface area contributed by atoms with Crippen LogP contribution in [0, 0.1) is 19.8 Å². The van der Waals surface area contributed by atoms with Gasteiger partial charge in [-0.1, -0.05) is 12.1 Å². The standard InChI is InChI=1S/C20H24N2O3S/c1-13-5-4-6-16(11-13)25-10-9-22(3)20(24)18-14(2)12-17(26-18)21-19(23)15-7-8-15/h4-6,11-12,15H,7-10H2,1-3H3,(H,21,23). The Hall–Kier alpha value is -2.34. The number of rotatable bonds is 7. The molecule has 26 heavy (non-hydrogen) atoms. The lowest BCUT2D eigenvalue weighted by atomic mass is 10.2. The summed E-state index contributed by atoms with van der Waals surface area (Å²) in [5.41, 5.74) is 2.03. The van der Waals surface area contributed by atoms with Crippen molar-refractivity contribution in [3.63, 3.8) is 0 Å². The van der Waals surface area contributed by atoms with Gasteiger partial charge in [-0.05, 0) is 56.0 Å². The third kappa shape index (κ3) is 4.64. The van der Waals surface area contributed by atoms with Crippen LogP contribution in [-0.4, -0.2) is 36.9 Å². The molecule has 2 amide bonds. The summed E-state index contributed by atoms with van der Waals surface area (Å²) < 4.78 is 5.72. The Morgan fingerprint density at radius 2 is 2.04 bits per heavy atom. The summed E-state index contributed by atoms with van der Waals surface area (Å²) in [5.74, 6) is 0.971. The van der Waals surface area contributed by atoms with E-state index in [2.05, 4.69) is 5.32 Å². The number of thiophene rings is 1. The first-order valence-electron chi connectivity index (χ1n) is 8.80. The van der Waals surface area contributed by atoms with Crippen molar-refractivity contribution < 1.29 is 14.3 Å². The van der Waals surface area contributed by atoms with Crippen LogP contribution in [0.3, 0.4) is 0 Å². The number of hydrogen-bond donors (Lipinski definition) is 1. The molecule has 1 aromatic heterocycles. The summed E-state index contributed by atoms with van der Waals surface area (Å²) in [5, 5.41) is 3.66. The molecule has 0 spiro atoms. The number of anilines is 1. The van der Waals surface area contributed by atoms with Gasteiger partial charge in [-0.2, -0.15) is 0 Å². The van der Waals surface area contributed by atoms with E-state index in [1.165, 1.54) is 11.3 Å². The molecule has 1 aliphatic rings. The summed E-state index contributed by atoms with van der Waals surface area (Å²) in [6.45, 7) is 4.84. The van der Waals surface area contributed by atoms with E-state index in [1.54, 1.807) is 11.9 Å². The third-order valence-electron chi connectivity index (χ3n) is 4.34. The molecule has 0 saturated heterocycles. The maximum absolute atomic E-state index is 12.7. The number of likely N-dealkylation sites (N-methyl/N-ethyl adjacent to an activating group) is 1. The third-order valence-corrected chi connectivity index (χ3v) is 5.48. The van der Waals surface area contributed by atoms with Crippen LogP contribution in [0.15, 0.2) is 30.3 Å². The van der Waals surface area contributed by atoms with Gasteiger partial charge in [0.2, 0.25) is 5.91 Å². The lowest BCUT2D eigenvalue weighted by Crippen LogP contribution is -2.30. The lowest BCUT2D eigenvalue weighted by molar-refractivity contribution is -0.117. The van der Waals surface area contributed by atoms with E-state index in [-0.39, 0.29) is 17.7 Å². The van der Waals surface area contributed by atoms with E-state index < -0.39 is 0 Å². The molecule has 1 fully saturated rings. The normalized spacial score (nSPS) is 13.3. The number of nitrogens with zero attached hydrogens (tertiary/aromatic N) is 1. The highest BCUT2D eigenvalue weighted by Crippen LogP contribution is 2.33. The van der Waals surface area contributed by atoms with Gasteiger partial charge in [0.25, 0.3) is 5.91 Å². The summed E-state index contributed by atoms with van der Waals surface area (Å²) in [6, 6.07) is 9.72. The monoisotopic (exact) mass is 372 g/mol. The predicted molar refractivity (Wildman–Crippen MR) is 104 cm³/mol. The van der Waals surface area contributed by atoms with Gasteiger partial charge in [-0.3, -0.25) is 9.59 Å². The molecule has 1 heterocycles. The van der Waals surface area contributed by atoms with Crippen LogP contribution in [0.5, 0.6) is 5.75 Å². The SMILES string of the molecule is Cc1cccc(OCCN(C)C(=O)c2sc(NC(=O)C3CC3)cc2C)c1. The number of benzene rings is 1. The van der Waals surface area contributed by atoms with E-state index in [0.717, 1.165) is 34.7 Å². The molecule has 2 aromatic rings. The van der Waals surface area contributed by atoms with Crippen LogP contribution in [0.1, 0.15) is 33.6 Å². The first kappa shape index (κ1) is 18.5. The van der Waals surface area contributed by atoms with Gasteiger partial charge in [0, 0.05) is 13.0 Å². The molecule has 0 atom stereocenters. The number of aryl methyl sites for hydroxylation is 2. The number of amides is 2. The van der Waals surface area contributed by atoms with Crippen molar-refractivity contribution in [2.75, 3.05) is 25.5 Å². The van der Waals surface area contributed by atoms with Gasteiger partial charge in [0.05, 0.1) is 16.4 Å². The molecule has 0 bridgehead atoms. The fourth-order valence-electron chi connectivity index (χ4n) is 2.61. The number of ether oxygens (including phenoxy) is 1. The van der Waals surface area contributed by atoms with Crippen molar-refractivity contribution in [2.45, 2.75) is 26.7 Å². The summed E-state index contributed by atoms with van der Waals surface area (Å²) >= 11 is 1.34. The maximum atomic E-state index is 12.7. The van der Waals surface area contributed by atoms with Crippen LogP contribution in [-0.2, 0) is 4.79 Å². The van der Waals surface area contributed by atoms with Crippen molar-refractivity contribution in [1.82, 2.24) is 4.90 Å². The molecule has 138 valence electrons. The van der Waals surface area contributed by atoms with Gasteiger partial charge in [-0.15, -0.1) is 11.3 Å². The van der Waals surface area contributed by atoms with Gasteiger partial charge in [0.1, 0.15) is 12.4 Å². The van der Waals surface area contributed by atoms with Crippen LogP contribution in [0.2, 0.25) is 0 Å². The second kappa shape index (κ2) is 7.91. The highest BCUT2D eigenvalue weighted by molar-refractivity contribution is 7.18. The van der Waals surface area contributed by atoms with Crippen molar-refractivity contribution in [3.8, 4) is 5.75 Å². The molecule has 5 nitrogen and oxygen atoms in total. The summed E-state index contributed by atoms with van der Waals surface area (Å²) in [6.07, 6.45) is 1.93. The average Bonchev–Trinajstić information content (AvgIpc) is 3.38. The van der Waals surface area contributed by atoms with Crippen LogP contribution in [0.25, 0.3) is 0 Å². The smallest absolute Gasteiger partial charge is 0.264 e. The average molecular weight is 372 g/mol. The second-order valence-corrected chi connectivity index (χ2v) is 7.83. The Bertz CT molecular complexity index is 811. The number of nitrogens with one attached hydrogen (secondary N) is 1. The minimum atomic E-state index is -0.0488. The zero-order valence-electron chi connectivity index (χ0n) is 15.4. The Kier molecular flexibility index (Phi) is 5.61. The quantitative estimate of drug-likeness (QED) is 0.803. The van der Waals surface area contributed by atoms with E-state index in [1.807, 2.05) is 44.2 Å². The lowest BCUT2D eigenvalue weighted by Gasteiger charge is -2.17. The molecule has 0 aliphatic heterocycles. The van der Waals surface area contributed by atoms with E-state index in [0.29, 0.717) is 18.0 Å². The minimum Gasteiger partial charge on any atom is -0.492 e. The van der Waals surface area contributed by atoms with E-state index in [9.17, 15) is 9.59 Å². The van der Waals surface area contributed by atoms with Gasteiger partial charge < -0.3 is 15.0 Å². The van der Waals surface area contributed by atoms with E-state index in [4.69, 9.17) is 4.74 Å². The van der Waals surface area contributed by atoms with Crippen LogP contribution < -0.4 is 10.1 Å². The zero-order valence-corrected chi connectivity index (χ0v) is 16.2. The molecular weight excluding hydrogens is 348 g/mol. The molecule has 6 heteroatoms. The molecule has 1 aliphatic carbocycles. The van der Waals surface area contributed by atoms with Crippen molar-refractivity contribution in [1.29, 1.82) is 0 Å². The second-order valence-electron chi connectivity index (χ2n) is 6.78. The number of carbonyl (C=O) groups is 2. The molecule has 3 rings (SSSR count). The highest BCUT2D eigenvalue weighted by Gasteiger charge is 2.30. The molecule has 1 N–H and O–H groups in total. The Labute approximate surface area is 158 Å². The van der Waals surface area contributed by atoms with Crippen molar-refractivity contribution in [3.05, 3.63) is 46.3 Å². The summed E-state index contributed by atoms with van der Waals surface area (Å²) in [4.78, 5) is 26.9. The fraction of sp³-hybridized carbons (Fsp3) is 0.400. The van der Waals surface area contributed by atoms with Crippen molar-refractivity contribution >= 4 is 28.2 Å². The van der Waals surface area contributed by atoms with Crippen molar-refractivity contribution in [2.24, 2.45) is 5.92 Å². The number of carbonyl (C=O) groups excluding carboxylic acids is 2. The molecule has 0 radical (unpaired) electrons. The van der Waals surface area contributed by atoms with Crippen LogP contribution in [0.4, 0.5) is 5.00 Å². The topological polar surface area (TPSA) is 58.6 Å². The Morgan fingerprint density at radius 1 is 1.27 bits per heavy atom. The van der Waals surface area contributed by atoms with Gasteiger partial charge in [0.15, 0.2) is 0 Å².